The minimum Gasteiger partial charge on any atom is -0.453 e. The summed E-state index contributed by atoms with van der Waals surface area (Å²) in [6, 6.07) is -0.608. The van der Waals surface area contributed by atoms with E-state index in [-0.39, 0.29) is 36.9 Å². The zero-order chi connectivity index (χ0) is 42.7. The van der Waals surface area contributed by atoms with Gasteiger partial charge in [-0.15, -0.1) is 0 Å². The molecule has 0 aromatic rings. The van der Waals surface area contributed by atoms with Gasteiger partial charge in [0.05, 0.1) is 35.9 Å². The van der Waals surface area contributed by atoms with Crippen LogP contribution in [-0.4, -0.2) is 167 Å². The molecule has 326 valence electrons. The predicted octanol–water partition coefficient (Wildman–Crippen LogP) is 3.27. The number of ether oxygens (including phenoxy) is 8. The Balaban J connectivity index is 2.18. The Labute approximate surface area is 348 Å². The minimum absolute atomic E-state index is 0.0999. The van der Waals surface area contributed by atoms with Crippen LogP contribution in [-0.2, 0) is 47.5 Å². The van der Waals surface area contributed by atoms with E-state index in [2.05, 4.69) is 6.58 Å². The van der Waals surface area contributed by atoms with Gasteiger partial charge in [0, 0.05) is 51.3 Å². The van der Waals surface area contributed by atoms with Gasteiger partial charge in [-0.1, -0.05) is 20.4 Å². The molecular weight excluding hydrogens is 843 g/mol. The average Bonchev–Trinajstić information content (AvgIpc) is 3.10. The van der Waals surface area contributed by atoms with Crippen molar-refractivity contribution in [3.8, 4) is 0 Å². The van der Waals surface area contributed by atoms with Crippen molar-refractivity contribution in [2.24, 2.45) is 17.8 Å². The summed E-state index contributed by atoms with van der Waals surface area (Å²) in [4.78, 5) is 30.6. The number of aliphatic hydroxyl groups excluding tert-OH is 1. The number of carbonyl (C=O) groups excluding carboxylic acids is 2. The van der Waals surface area contributed by atoms with Gasteiger partial charge in [0.1, 0.15) is 23.4 Å². The van der Waals surface area contributed by atoms with E-state index in [4.69, 9.17) is 37.9 Å². The molecule has 0 bridgehead atoms. The maximum atomic E-state index is 14.3. The van der Waals surface area contributed by atoms with Crippen LogP contribution in [0.5, 0.6) is 0 Å². The second-order valence-electron chi connectivity index (χ2n) is 17.4. The smallest absolute Gasteiger partial charge is 0.330 e. The Kier molecular flexibility index (Phi) is 17.6. The fourth-order valence-electron chi connectivity index (χ4n) is 8.95. The molecule has 0 radical (unpaired) electrons. The van der Waals surface area contributed by atoms with E-state index >= 15 is 0 Å². The summed E-state index contributed by atoms with van der Waals surface area (Å²) in [5.74, 6) is -3.20. The number of hydrogen-bond donors (Lipinski definition) is 3. The molecular formula is C40H71IN2O13. The molecule has 3 N–H and O–H groups in total. The molecule has 3 aliphatic heterocycles. The van der Waals surface area contributed by atoms with Crippen LogP contribution >= 0.6 is 22.6 Å². The summed E-state index contributed by atoms with van der Waals surface area (Å²) in [6.45, 7) is 20.2. The summed E-state index contributed by atoms with van der Waals surface area (Å²) in [5.41, 5.74) is -4.24. The maximum absolute atomic E-state index is 14.3. The Hall–Kier alpha value is -1.03. The van der Waals surface area contributed by atoms with Gasteiger partial charge in [-0.05, 0) is 111 Å². The molecule has 0 amide bonds. The van der Waals surface area contributed by atoms with Gasteiger partial charge in [0.2, 0.25) is 0 Å². The molecule has 15 nitrogen and oxygen atoms in total. The number of carbonyl (C=O) groups is 2. The highest BCUT2D eigenvalue weighted by atomic mass is 127. The van der Waals surface area contributed by atoms with Gasteiger partial charge in [0.15, 0.2) is 22.8 Å². The number of rotatable bonds is 9. The van der Waals surface area contributed by atoms with Crippen LogP contribution in [0, 0.1) is 17.8 Å². The zero-order valence-electron chi connectivity index (χ0n) is 36.0. The molecule has 3 heterocycles. The van der Waals surface area contributed by atoms with Crippen LogP contribution in [0.15, 0.2) is 12.7 Å². The second-order valence-corrected chi connectivity index (χ2v) is 18.5. The quantitative estimate of drug-likeness (QED) is 0.133. The first kappa shape index (κ1) is 49.3. The lowest BCUT2D eigenvalue weighted by Crippen LogP contribution is -2.61. The molecule has 0 aromatic carbocycles. The van der Waals surface area contributed by atoms with Crippen molar-refractivity contribution in [3.05, 3.63) is 12.7 Å². The number of aliphatic hydroxyl groups is 3. The van der Waals surface area contributed by atoms with Crippen molar-refractivity contribution in [3.63, 3.8) is 0 Å². The highest BCUT2D eigenvalue weighted by Crippen LogP contribution is 2.41. The van der Waals surface area contributed by atoms with Crippen molar-refractivity contribution in [2.75, 3.05) is 41.9 Å². The first-order chi connectivity index (χ1) is 25.8. The molecule has 2 unspecified atom stereocenters. The van der Waals surface area contributed by atoms with Crippen LogP contribution < -0.4 is 0 Å². The summed E-state index contributed by atoms with van der Waals surface area (Å²) in [7, 11) is 8.71. The molecule has 0 saturated carbocycles. The van der Waals surface area contributed by atoms with Gasteiger partial charge in [-0.2, -0.15) is 0 Å². The van der Waals surface area contributed by atoms with Crippen molar-refractivity contribution >= 4 is 34.5 Å². The van der Waals surface area contributed by atoms with Crippen LogP contribution in [0.4, 0.5) is 0 Å². The number of alkyl halides is 1. The monoisotopic (exact) mass is 914 g/mol. The molecule has 3 saturated heterocycles. The number of methoxy groups -OCH3 is 2. The molecule has 3 rings (SSSR count). The zero-order valence-corrected chi connectivity index (χ0v) is 38.1. The molecule has 0 aromatic heterocycles. The molecule has 16 heteroatoms. The van der Waals surface area contributed by atoms with Crippen molar-refractivity contribution in [2.45, 2.75) is 170 Å². The van der Waals surface area contributed by atoms with Crippen molar-refractivity contribution < 1.29 is 62.8 Å². The van der Waals surface area contributed by atoms with E-state index in [1.54, 1.807) is 34.6 Å². The van der Waals surface area contributed by atoms with E-state index in [0.29, 0.717) is 13.0 Å². The van der Waals surface area contributed by atoms with Gasteiger partial charge in [-0.3, -0.25) is 4.79 Å². The number of halogens is 1. The highest BCUT2D eigenvalue weighted by Gasteiger charge is 2.53. The van der Waals surface area contributed by atoms with Crippen LogP contribution in [0.1, 0.15) is 81.6 Å². The summed E-state index contributed by atoms with van der Waals surface area (Å²) in [5, 5.41) is 36.1. The first-order valence-corrected chi connectivity index (χ1v) is 21.0. The van der Waals surface area contributed by atoms with E-state index in [9.17, 15) is 24.9 Å². The lowest BCUT2D eigenvalue weighted by atomic mass is 9.77. The lowest BCUT2D eigenvalue weighted by Gasteiger charge is -2.49. The second kappa shape index (κ2) is 20.0. The highest BCUT2D eigenvalue weighted by molar-refractivity contribution is 14.1. The van der Waals surface area contributed by atoms with Gasteiger partial charge in [0.25, 0.3) is 0 Å². The molecule has 0 spiro atoms. The maximum Gasteiger partial charge on any atom is 0.330 e. The number of esters is 2. The average molecular weight is 915 g/mol. The SMILES string of the molecule is C=CC(=O)O[C@H]1[C@H](C)OC(O[C@H]2[C@H](C)[C@@H](OC3O[C@H](C)C[C@H](N(C)C)[C@H]3O)[C@](C)(O)C[C@@H](C)CN(C)[C@H](C)[C@@H](OC)[C@](C)(O)[C@@H](I)OC(=O)[C@@H]2C)C[C@@]1(C)OC. The molecule has 0 aliphatic carbocycles. The number of cyclic esters (lactones) is 1. The number of nitrogens with zero attached hydrogens (tertiary/aromatic N) is 2. The van der Waals surface area contributed by atoms with E-state index in [1.165, 1.54) is 14.2 Å². The van der Waals surface area contributed by atoms with Gasteiger partial charge < -0.3 is 63.0 Å². The third-order valence-corrected chi connectivity index (χ3v) is 13.7. The largest absolute Gasteiger partial charge is 0.453 e. The fraction of sp³-hybridized carbons (Fsp3) is 0.900. The minimum atomic E-state index is -1.62. The Morgan fingerprint density at radius 3 is 2.18 bits per heavy atom. The van der Waals surface area contributed by atoms with Gasteiger partial charge >= 0.3 is 11.9 Å². The molecule has 56 heavy (non-hydrogen) atoms. The first-order valence-electron chi connectivity index (χ1n) is 19.7. The molecule has 3 fully saturated rings. The van der Waals surface area contributed by atoms with Crippen LogP contribution in [0.2, 0.25) is 0 Å². The topological polar surface area (TPSA) is 175 Å². The van der Waals surface area contributed by atoms with Gasteiger partial charge in [-0.25, -0.2) is 4.79 Å². The van der Waals surface area contributed by atoms with E-state index in [0.717, 1.165) is 6.08 Å². The molecule has 18 atom stereocenters. The summed E-state index contributed by atoms with van der Waals surface area (Å²) < 4.78 is 48.6. The Morgan fingerprint density at radius 1 is 1.00 bits per heavy atom. The van der Waals surface area contributed by atoms with E-state index in [1.807, 2.05) is 81.2 Å². The third kappa shape index (κ3) is 11.4. The standard InChI is InChI=1S/C40H71IN2O13/c1-16-28(44)53-34-26(7)52-29(19-39(34,9)50-15)54-31-23(4)32(55-36-30(45)27(42(11)12)17-22(3)51-36)38(8,47)18-21(2)20-43(13)25(6)33(49-14)40(10,48)37(41)56-35(46)24(31)5/h16,21-27,29-34,36-37,45,47-48H,1,17-20H2,2-15H3/t21-,22-,23+,24-,25-,26+,27+,29?,30-,31+,32-,33-,34+,36?,37+,38-,39-,40+/m1/s1. The van der Waals surface area contributed by atoms with Crippen molar-refractivity contribution in [1.82, 2.24) is 9.80 Å². The number of hydrogen-bond acceptors (Lipinski definition) is 15. The van der Waals surface area contributed by atoms with Crippen LogP contribution in [0.3, 0.4) is 0 Å². The molecule has 3 aliphatic rings. The number of likely N-dealkylation sites (N-methyl/N-ethyl adjacent to an activating group) is 2. The van der Waals surface area contributed by atoms with Crippen molar-refractivity contribution in [1.29, 1.82) is 0 Å². The van der Waals surface area contributed by atoms with Crippen LogP contribution in [0.25, 0.3) is 0 Å². The lowest BCUT2D eigenvalue weighted by molar-refractivity contribution is -0.318. The summed E-state index contributed by atoms with van der Waals surface area (Å²) >= 11 is 1.92. The summed E-state index contributed by atoms with van der Waals surface area (Å²) in [6.07, 6.45) is -5.80. The predicted molar refractivity (Wildman–Crippen MR) is 217 cm³/mol. The van der Waals surface area contributed by atoms with E-state index < -0.39 is 93.9 Å². The Morgan fingerprint density at radius 2 is 1.62 bits per heavy atom. The normalized spacial score (nSPS) is 46.7. The Bertz CT molecular complexity index is 1310. The fourth-order valence-corrected chi connectivity index (χ4v) is 9.55. The third-order valence-electron chi connectivity index (χ3n) is 12.2.